The Hall–Kier alpha value is -0.570. The second kappa shape index (κ2) is 8.53. The lowest BCUT2D eigenvalue weighted by Gasteiger charge is -2.16. The minimum absolute atomic E-state index is 0.0869. The quantitative estimate of drug-likeness (QED) is 0.158. The highest BCUT2D eigenvalue weighted by Gasteiger charge is 2.22. The fraction of sp³-hybridized carbons (Fsp3) is 0.800. The Morgan fingerprint density at radius 1 is 1.17 bits per heavy atom. The smallest absolute Gasteiger partial charge is 0.151 e. The fourth-order valence-corrected chi connectivity index (χ4v) is 0.416. The molecule has 74 valence electrons. The number of aliphatic hydroxyl groups is 4. The van der Waals surface area contributed by atoms with Crippen LogP contribution in [0.15, 0.2) is 0 Å². The third kappa shape index (κ3) is 5.13. The number of aldehydes is 1. The number of carbonyl (C=O) groups excluding carboxylic acids is 1. The summed E-state index contributed by atoms with van der Waals surface area (Å²) in [5, 5.41) is 46.1. The molecule has 0 aromatic carbocycles. The molecule has 0 aliphatic heterocycles. The van der Waals surface area contributed by atoms with Crippen LogP contribution in [-0.4, -0.2) is 62.1 Å². The molecule has 6 N–H and O–H groups in total. The van der Waals surface area contributed by atoms with Gasteiger partial charge in [-0.05, 0) is 0 Å². The molecular weight excluding hydrogens is 172 g/mol. The van der Waals surface area contributed by atoms with Crippen molar-refractivity contribution >= 4 is 6.29 Å². The van der Waals surface area contributed by atoms with E-state index in [1.807, 2.05) is 0 Å². The molecule has 0 fully saturated rings. The Morgan fingerprint density at radius 3 is 1.83 bits per heavy atom. The predicted octanol–water partition coefficient (Wildman–Crippen LogP) is -2.72. The van der Waals surface area contributed by atoms with Crippen LogP contribution in [0.1, 0.15) is 0 Å². The van der Waals surface area contributed by atoms with Crippen molar-refractivity contribution in [3.63, 3.8) is 0 Å². The zero-order valence-electron chi connectivity index (χ0n) is 6.11. The van der Waals surface area contributed by atoms with Gasteiger partial charge in [-0.1, -0.05) is 0 Å². The van der Waals surface area contributed by atoms with Gasteiger partial charge in [-0.2, -0.15) is 0 Å². The molecule has 0 aliphatic rings. The lowest BCUT2D eigenvalue weighted by Crippen LogP contribution is -2.40. The Kier molecular flexibility index (Phi) is 9.93. The molecule has 0 bridgehead atoms. The van der Waals surface area contributed by atoms with Crippen LogP contribution in [0.5, 0.6) is 0 Å². The van der Waals surface area contributed by atoms with Gasteiger partial charge in [-0.25, -0.2) is 0 Å². The molecule has 12 heavy (non-hydrogen) atoms. The van der Waals surface area contributed by atoms with Crippen LogP contribution in [0, 0.1) is 0 Å². The van der Waals surface area contributed by atoms with Crippen molar-refractivity contribution in [2.75, 3.05) is 6.61 Å². The van der Waals surface area contributed by atoms with Crippen molar-refractivity contribution in [3.8, 4) is 0 Å². The first-order chi connectivity index (χ1) is 5.63. The van der Waals surface area contributed by atoms with E-state index in [2.05, 4.69) is 0 Å². The van der Waals surface area contributed by atoms with Crippen LogP contribution in [0.3, 0.4) is 0 Å². The predicted molar refractivity (Wildman–Crippen MR) is 36.4 cm³/mol. The van der Waals surface area contributed by atoms with Crippen LogP contribution in [0.4, 0.5) is 0 Å². The Bertz CT molecular complexity index is 106. The summed E-state index contributed by atoms with van der Waals surface area (Å²) in [7, 11) is 0. The molecule has 7 heteroatoms. The summed E-state index contributed by atoms with van der Waals surface area (Å²) >= 11 is 0. The third-order valence-electron chi connectivity index (χ3n) is 1.07. The van der Waals surface area contributed by atoms with Crippen LogP contribution in [0.2, 0.25) is 0 Å². The van der Waals surface area contributed by atoms with Crippen molar-refractivity contribution < 1.29 is 35.7 Å². The second-order valence-corrected chi connectivity index (χ2v) is 1.87. The maximum absolute atomic E-state index is 9.76. The summed E-state index contributed by atoms with van der Waals surface area (Å²) in [6.45, 7) is -0.688. The Morgan fingerprint density at radius 2 is 1.58 bits per heavy atom. The Balaban J connectivity index is 0. The molecule has 0 saturated carbocycles. The van der Waals surface area contributed by atoms with Crippen molar-refractivity contribution in [1.82, 2.24) is 0 Å². The standard InChI is InChI=1S/C5H10O5.H2O2/c6-1-3(8)5(10)4(9)2-7;1-2/h1,3-5,7-10H,2H2;1-2H/t3-,4+,5-;/m0./s1. The third-order valence-corrected chi connectivity index (χ3v) is 1.07. The summed E-state index contributed by atoms with van der Waals surface area (Å²) in [5.74, 6) is 0. The summed E-state index contributed by atoms with van der Waals surface area (Å²) < 4.78 is 0. The summed E-state index contributed by atoms with van der Waals surface area (Å²) in [6, 6.07) is 0. The van der Waals surface area contributed by atoms with Gasteiger partial charge >= 0.3 is 0 Å². The first-order valence-corrected chi connectivity index (χ1v) is 2.93. The number of hydrogen-bond donors (Lipinski definition) is 6. The number of carbonyl (C=O) groups is 1. The maximum Gasteiger partial charge on any atom is 0.151 e. The summed E-state index contributed by atoms with van der Waals surface area (Å²) in [6.07, 6.45) is -4.63. The zero-order chi connectivity index (χ0) is 10.1. The van der Waals surface area contributed by atoms with Crippen molar-refractivity contribution in [2.45, 2.75) is 18.3 Å². The molecule has 0 spiro atoms. The lowest BCUT2D eigenvalue weighted by atomic mass is 10.1. The lowest BCUT2D eigenvalue weighted by molar-refractivity contribution is -0.176. The largest absolute Gasteiger partial charge is 0.394 e. The van der Waals surface area contributed by atoms with Crippen molar-refractivity contribution in [3.05, 3.63) is 0 Å². The number of aliphatic hydroxyl groups excluding tert-OH is 4. The van der Waals surface area contributed by atoms with Gasteiger partial charge in [0.05, 0.1) is 6.61 Å². The van der Waals surface area contributed by atoms with Gasteiger partial charge in [0.1, 0.15) is 18.3 Å². The minimum Gasteiger partial charge on any atom is -0.394 e. The molecule has 3 atom stereocenters. The van der Waals surface area contributed by atoms with Gasteiger partial charge in [0.15, 0.2) is 6.29 Å². The monoisotopic (exact) mass is 184 g/mol. The highest BCUT2D eigenvalue weighted by Crippen LogP contribution is 1.96. The first-order valence-electron chi connectivity index (χ1n) is 2.93. The maximum atomic E-state index is 9.76. The molecule has 0 radical (unpaired) electrons. The Labute approximate surface area is 68.1 Å². The van der Waals surface area contributed by atoms with Gasteiger partial charge in [0.2, 0.25) is 0 Å². The van der Waals surface area contributed by atoms with Gasteiger partial charge in [-0.3, -0.25) is 10.5 Å². The van der Waals surface area contributed by atoms with E-state index in [0.717, 1.165) is 0 Å². The molecule has 0 aliphatic carbocycles. The highest BCUT2D eigenvalue weighted by molar-refractivity contribution is 5.56. The van der Waals surface area contributed by atoms with E-state index in [-0.39, 0.29) is 6.29 Å². The fourth-order valence-electron chi connectivity index (χ4n) is 0.416. The van der Waals surface area contributed by atoms with Crippen LogP contribution in [0.25, 0.3) is 0 Å². The SMILES string of the molecule is O=C[C@H](O)[C@H](O)[C@H](O)CO.OO. The van der Waals surface area contributed by atoms with Crippen molar-refractivity contribution in [2.24, 2.45) is 0 Å². The number of rotatable bonds is 4. The molecule has 0 unspecified atom stereocenters. The molecule has 0 saturated heterocycles. The minimum atomic E-state index is -1.64. The van der Waals surface area contributed by atoms with E-state index in [1.54, 1.807) is 0 Å². The molecule has 0 heterocycles. The van der Waals surface area contributed by atoms with Crippen LogP contribution < -0.4 is 0 Å². The van der Waals surface area contributed by atoms with Gasteiger partial charge in [0.25, 0.3) is 0 Å². The molecular formula is C5H12O7. The van der Waals surface area contributed by atoms with E-state index < -0.39 is 24.9 Å². The van der Waals surface area contributed by atoms with Gasteiger partial charge in [0, 0.05) is 0 Å². The van der Waals surface area contributed by atoms with E-state index in [0.29, 0.717) is 0 Å². The van der Waals surface area contributed by atoms with Crippen LogP contribution >= 0.6 is 0 Å². The topological polar surface area (TPSA) is 138 Å². The van der Waals surface area contributed by atoms with Gasteiger partial charge in [-0.15, -0.1) is 0 Å². The van der Waals surface area contributed by atoms with Gasteiger partial charge < -0.3 is 25.2 Å². The average Bonchev–Trinajstić information content (AvgIpc) is 2.17. The first kappa shape index (κ1) is 14.0. The summed E-state index contributed by atoms with van der Waals surface area (Å²) in [5.41, 5.74) is 0. The average molecular weight is 184 g/mol. The molecule has 0 aromatic rings. The highest BCUT2D eigenvalue weighted by atomic mass is 17.0. The molecule has 0 amide bonds. The van der Waals surface area contributed by atoms with Crippen molar-refractivity contribution in [1.29, 1.82) is 0 Å². The number of hydrogen-bond acceptors (Lipinski definition) is 7. The van der Waals surface area contributed by atoms with Crippen LogP contribution in [-0.2, 0) is 4.79 Å². The zero-order valence-corrected chi connectivity index (χ0v) is 6.11. The van der Waals surface area contributed by atoms with E-state index in [9.17, 15) is 4.79 Å². The normalized spacial score (nSPS) is 16.8. The second-order valence-electron chi connectivity index (χ2n) is 1.87. The summed E-state index contributed by atoms with van der Waals surface area (Å²) in [4.78, 5) is 9.76. The molecule has 0 rings (SSSR count). The molecule has 0 aromatic heterocycles. The van der Waals surface area contributed by atoms with E-state index >= 15 is 0 Å². The van der Waals surface area contributed by atoms with E-state index in [4.69, 9.17) is 30.9 Å². The van der Waals surface area contributed by atoms with E-state index in [1.165, 1.54) is 0 Å². The molecule has 7 nitrogen and oxygen atoms in total.